The maximum Gasteiger partial charge on any atom is 0.436 e. The van der Waals surface area contributed by atoms with Gasteiger partial charge >= 0.3 is 18.2 Å². The fourth-order valence-electron chi connectivity index (χ4n) is 2.74. The largest absolute Gasteiger partial charge is 0.436 e. The molecule has 0 saturated carbocycles. The smallest absolute Gasteiger partial charge is 0.431 e. The van der Waals surface area contributed by atoms with Crippen molar-refractivity contribution in [2.45, 2.75) is 32.1 Å². The second-order valence-electron chi connectivity index (χ2n) is 5.22. The number of carbonyl (C=O) groups is 1. The first kappa shape index (κ1) is 15.4. The maximum atomic E-state index is 12.5. The minimum absolute atomic E-state index is 0.122. The molecule has 2 aromatic rings. The molecular weight excluding hydrogens is 311 g/mol. The van der Waals surface area contributed by atoms with E-state index in [9.17, 15) is 18.0 Å². The van der Waals surface area contributed by atoms with Crippen molar-refractivity contribution in [2.24, 2.45) is 0 Å². The van der Waals surface area contributed by atoms with Crippen molar-refractivity contribution in [3.05, 3.63) is 47.3 Å². The lowest BCUT2D eigenvalue weighted by Gasteiger charge is -2.23. The van der Waals surface area contributed by atoms with E-state index < -0.39 is 23.9 Å². The average Bonchev–Trinajstić information content (AvgIpc) is 3.10. The summed E-state index contributed by atoms with van der Waals surface area (Å²) in [6.45, 7) is 2.34. The summed E-state index contributed by atoms with van der Waals surface area (Å²) in [4.78, 5) is 17.1. The fourth-order valence-corrected chi connectivity index (χ4v) is 2.74. The first-order chi connectivity index (χ1) is 10.9. The molecule has 122 valence electrons. The number of aromatic nitrogens is 1. The summed E-state index contributed by atoms with van der Waals surface area (Å²) in [5, 5.41) is 2.28. The van der Waals surface area contributed by atoms with E-state index in [0.29, 0.717) is 19.2 Å². The standard InChI is InChI=1S/C15H14F3N3O2/c1-2-11-10-6-4-3-5-9(10)7-21(11)14(22)20-13-19-12(8-23-13)15(16,17)18/h3-6,8,11H,2,7H2,1H3,(H,19,20,22). The van der Waals surface area contributed by atoms with Crippen LogP contribution in [0, 0.1) is 0 Å². The van der Waals surface area contributed by atoms with Crippen LogP contribution in [-0.2, 0) is 12.7 Å². The number of hydrogen-bond donors (Lipinski definition) is 1. The minimum Gasteiger partial charge on any atom is -0.431 e. The van der Waals surface area contributed by atoms with Crippen molar-refractivity contribution >= 4 is 12.0 Å². The van der Waals surface area contributed by atoms with E-state index in [-0.39, 0.29) is 6.04 Å². The molecule has 2 heterocycles. The average molecular weight is 325 g/mol. The maximum absolute atomic E-state index is 12.5. The SMILES string of the molecule is CCC1c2ccccc2CN1C(=O)Nc1nc(C(F)(F)F)co1. The lowest BCUT2D eigenvalue weighted by molar-refractivity contribution is -0.141. The molecule has 0 radical (unpaired) electrons. The number of benzene rings is 1. The number of nitrogens with one attached hydrogen (secondary N) is 1. The molecule has 2 amide bonds. The normalized spacial score (nSPS) is 17.2. The van der Waals surface area contributed by atoms with E-state index in [1.54, 1.807) is 4.90 Å². The van der Waals surface area contributed by atoms with Crippen molar-refractivity contribution in [2.75, 3.05) is 5.32 Å². The molecule has 23 heavy (non-hydrogen) atoms. The molecule has 0 bridgehead atoms. The van der Waals surface area contributed by atoms with E-state index >= 15 is 0 Å². The molecular formula is C15H14F3N3O2. The highest BCUT2D eigenvalue weighted by Crippen LogP contribution is 2.36. The highest BCUT2D eigenvalue weighted by Gasteiger charge is 2.36. The molecule has 0 aliphatic carbocycles. The van der Waals surface area contributed by atoms with E-state index in [1.807, 2.05) is 31.2 Å². The Kier molecular flexibility index (Phi) is 3.75. The Balaban J connectivity index is 1.75. The van der Waals surface area contributed by atoms with Crippen LogP contribution in [0.4, 0.5) is 24.0 Å². The number of oxazole rings is 1. The van der Waals surface area contributed by atoms with Crippen LogP contribution in [0.1, 0.15) is 36.2 Å². The lowest BCUT2D eigenvalue weighted by Crippen LogP contribution is -2.33. The Morgan fingerprint density at radius 3 is 2.83 bits per heavy atom. The van der Waals surface area contributed by atoms with E-state index in [1.165, 1.54) is 0 Å². The molecule has 1 aromatic carbocycles. The van der Waals surface area contributed by atoms with Gasteiger partial charge in [-0.3, -0.25) is 5.32 Å². The molecule has 1 atom stereocenters. The van der Waals surface area contributed by atoms with Crippen LogP contribution < -0.4 is 5.32 Å². The van der Waals surface area contributed by atoms with Gasteiger partial charge in [0, 0.05) is 6.54 Å². The monoisotopic (exact) mass is 325 g/mol. The van der Waals surface area contributed by atoms with Gasteiger partial charge < -0.3 is 9.32 Å². The number of anilines is 1. The molecule has 1 aliphatic rings. The number of urea groups is 1. The Morgan fingerprint density at radius 1 is 1.43 bits per heavy atom. The fraction of sp³-hybridized carbons (Fsp3) is 0.333. The summed E-state index contributed by atoms with van der Waals surface area (Å²) in [7, 11) is 0. The Hall–Kier alpha value is -2.51. The van der Waals surface area contributed by atoms with Gasteiger partial charge in [-0.15, -0.1) is 0 Å². The number of rotatable bonds is 2. The molecule has 1 aromatic heterocycles. The van der Waals surface area contributed by atoms with E-state index in [0.717, 1.165) is 11.1 Å². The van der Waals surface area contributed by atoms with Crippen LogP contribution in [0.2, 0.25) is 0 Å². The van der Waals surface area contributed by atoms with E-state index in [2.05, 4.69) is 14.7 Å². The zero-order valence-corrected chi connectivity index (χ0v) is 12.2. The second-order valence-corrected chi connectivity index (χ2v) is 5.22. The third-order valence-corrected chi connectivity index (χ3v) is 3.79. The third kappa shape index (κ3) is 2.88. The predicted molar refractivity (Wildman–Crippen MR) is 75.5 cm³/mol. The van der Waals surface area contributed by atoms with Crippen molar-refractivity contribution in [3.8, 4) is 0 Å². The van der Waals surface area contributed by atoms with Crippen molar-refractivity contribution in [1.29, 1.82) is 0 Å². The van der Waals surface area contributed by atoms with Gasteiger partial charge in [0.25, 0.3) is 0 Å². The summed E-state index contributed by atoms with van der Waals surface area (Å²) in [6, 6.07) is 6.53. The number of amides is 2. The number of hydrogen-bond acceptors (Lipinski definition) is 3. The zero-order valence-electron chi connectivity index (χ0n) is 12.2. The van der Waals surface area contributed by atoms with Gasteiger partial charge in [0.15, 0.2) is 5.69 Å². The van der Waals surface area contributed by atoms with Crippen LogP contribution in [0.25, 0.3) is 0 Å². The Morgan fingerprint density at radius 2 is 2.17 bits per heavy atom. The van der Waals surface area contributed by atoms with Crippen molar-refractivity contribution in [1.82, 2.24) is 9.88 Å². The summed E-state index contributed by atoms with van der Waals surface area (Å²) in [5.74, 6) is 0. The second kappa shape index (κ2) is 5.60. The van der Waals surface area contributed by atoms with Gasteiger partial charge in [-0.1, -0.05) is 31.2 Å². The van der Waals surface area contributed by atoms with Gasteiger partial charge in [-0.25, -0.2) is 4.79 Å². The van der Waals surface area contributed by atoms with Crippen LogP contribution in [0.5, 0.6) is 0 Å². The van der Waals surface area contributed by atoms with Crippen LogP contribution >= 0.6 is 0 Å². The first-order valence-electron chi connectivity index (χ1n) is 7.08. The van der Waals surface area contributed by atoms with Gasteiger partial charge in [0.2, 0.25) is 0 Å². The van der Waals surface area contributed by atoms with Crippen LogP contribution in [0.15, 0.2) is 34.9 Å². The third-order valence-electron chi connectivity index (χ3n) is 3.79. The molecule has 1 N–H and O–H groups in total. The molecule has 0 fully saturated rings. The van der Waals surface area contributed by atoms with E-state index in [4.69, 9.17) is 0 Å². The summed E-state index contributed by atoms with van der Waals surface area (Å²) >= 11 is 0. The topological polar surface area (TPSA) is 58.4 Å². The molecule has 8 heteroatoms. The number of halogens is 3. The quantitative estimate of drug-likeness (QED) is 0.900. The highest BCUT2D eigenvalue weighted by molar-refractivity contribution is 5.88. The molecule has 5 nitrogen and oxygen atoms in total. The van der Waals surface area contributed by atoms with Crippen molar-refractivity contribution < 1.29 is 22.4 Å². The number of nitrogens with zero attached hydrogens (tertiary/aromatic N) is 2. The lowest BCUT2D eigenvalue weighted by atomic mass is 10.0. The highest BCUT2D eigenvalue weighted by atomic mass is 19.4. The molecule has 0 saturated heterocycles. The van der Waals surface area contributed by atoms with Gasteiger partial charge in [0.05, 0.1) is 6.04 Å². The molecule has 3 rings (SSSR count). The van der Waals surface area contributed by atoms with Gasteiger partial charge in [-0.05, 0) is 17.5 Å². The summed E-state index contributed by atoms with van der Waals surface area (Å²) in [5.41, 5.74) is 0.899. The Labute approximate surface area is 130 Å². The van der Waals surface area contributed by atoms with Crippen LogP contribution in [0.3, 0.4) is 0 Å². The van der Waals surface area contributed by atoms with Gasteiger partial charge in [0.1, 0.15) is 6.26 Å². The predicted octanol–water partition coefficient (Wildman–Crippen LogP) is 4.19. The van der Waals surface area contributed by atoms with Crippen LogP contribution in [-0.4, -0.2) is 15.9 Å². The Bertz CT molecular complexity index is 727. The number of alkyl halides is 3. The van der Waals surface area contributed by atoms with Gasteiger partial charge in [-0.2, -0.15) is 18.2 Å². The van der Waals surface area contributed by atoms with Crippen molar-refractivity contribution in [3.63, 3.8) is 0 Å². The minimum atomic E-state index is -4.61. The molecule has 1 unspecified atom stereocenters. The zero-order chi connectivity index (χ0) is 16.6. The first-order valence-corrected chi connectivity index (χ1v) is 7.08. The summed E-state index contributed by atoms with van der Waals surface area (Å²) < 4.78 is 42.1. The summed E-state index contributed by atoms with van der Waals surface area (Å²) in [6.07, 6.45) is -3.43. The number of fused-ring (bicyclic) bond motifs is 1. The molecule has 0 spiro atoms. The molecule has 1 aliphatic heterocycles. The number of carbonyl (C=O) groups excluding carboxylic acids is 1.